The molecule has 0 aliphatic rings. The van der Waals surface area contributed by atoms with E-state index in [0.717, 1.165) is 24.1 Å². The van der Waals surface area contributed by atoms with Crippen LogP contribution in [0.25, 0.3) is 6.08 Å². The number of methoxy groups -OCH3 is 1. The second-order valence-corrected chi connectivity index (χ2v) is 7.69. The van der Waals surface area contributed by atoms with Gasteiger partial charge in [0.25, 0.3) is 0 Å². The molecule has 1 aromatic heterocycles. The number of anilines is 1. The second-order valence-electron chi connectivity index (χ2n) is 7.69. The molecule has 0 aliphatic heterocycles. The minimum atomic E-state index is -0.221. The lowest BCUT2D eigenvalue weighted by Gasteiger charge is -2.22. The molecule has 0 aliphatic carbocycles. The lowest BCUT2D eigenvalue weighted by atomic mass is 10.1. The number of amides is 1. The van der Waals surface area contributed by atoms with Gasteiger partial charge in [0.15, 0.2) is 11.5 Å². The minimum Gasteiger partial charge on any atom is -0.493 e. The van der Waals surface area contributed by atoms with E-state index in [4.69, 9.17) is 9.47 Å². The summed E-state index contributed by atoms with van der Waals surface area (Å²) >= 11 is 0. The maximum absolute atomic E-state index is 12.4. The first-order chi connectivity index (χ1) is 13.2. The van der Waals surface area contributed by atoms with Crippen molar-refractivity contribution in [3.8, 4) is 11.5 Å². The Balaban J connectivity index is 2.08. The zero-order chi connectivity index (χ0) is 20.7. The van der Waals surface area contributed by atoms with Gasteiger partial charge in [-0.3, -0.25) is 4.79 Å². The standard InChI is InChI=1S/C22H31N3O3/c1-7-8-13-28-18-11-9-17(15-19(18)27-6)10-12-21(26)23-20-14-16(2)24-25(20)22(3,4)5/h9-12,14-15H,7-8,13H2,1-6H3,(H,23,26)/b12-10+. The summed E-state index contributed by atoms with van der Waals surface area (Å²) in [5.74, 6) is 1.83. The third kappa shape index (κ3) is 5.87. The monoisotopic (exact) mass is 385 g/mol. The first kappa shape index (κ1) is 21.5. The third-order valence-electron chi connectivity index (χ3n) is 4.09. The van der Waals surface area contributed by atoms with E-state index in [0.29, 0.717) is 23.9 Å². The molecule has 0 unspecified atom stereocenters. The van der Waals surface area contributed by atoms with Crippen LogP contribution in [-0.4, -0.2) is 29.4 Å². The van der Waals surface area contributed by atoms with Gasteiger partial charge in [0.1, 0.15) is 5.82 Å². The number of unbranched alkanes of at least 4 members (excludes halogenated alkanes) is 1. The van der Waals surface area contributed by atoms with Crippen molar-refractivity contribution in [2.75, 3.05) is 19.0 Å². The molecule has 6 nitrogen and oxygen atoms in total. The Morgan fingerprint density at radius 3 is 2.64 bits per heavy atom. The van der Waals surface area contributed by atoms with Gasteiger partial charge in [0, 0.05) is 12.1 Å². The Kier molecular flexibility index (Phi) is 7.26. The number of nitrogens with one attached hydrogen (secondary N) is 1. The zero-order valence-corrected chi connectivity index (χ0v) is 17.7. The molecule has 2 aromatic rings. The van der Waals surface area contributed by atoms with E-state index in [1.807, 2.05) is 56.6 Å². The normalized spacial score (nSPS) is 11.6. The van der Waals surface area contributed by atoms with Crippen molar-refractivity contribution >= 4 is 17.8 Å². The van der Waals surface area contributed by atoms with Crippen molar-refractivity contribution in [1.82, 2.24) is 9.78 Å². The molecule has 1 amide bonds. The molecule has 28 heavy (non-hydrogen) atoms. The van der Waals surface area contributed by atoms with Crippen LogP contribution in [0.1, 0.15) is 51.8 Å². The van der Waals surface area contributed by atoms with Crippen LogP contribution in [0.4, 0.5) is 5.82 Å². The number of benzene rings is 1. The number of hydrogen-bond donors (Lipinski definition) is 1. The highest BCUT2D eigenvalue weighted by atomic mass is 16.5. The summed E-state index contributed by atoms with van der Waals surface area (Å²) in [7, 11) is 1.61. The number of carbonyl (C=O) groups is 1. The fourth-order valence-corrected chi connectivity index (χ4v) is 2.67. The Morgan fingerprint density at radius 2 is 2.00 bits per heavy atom. The van der Waals surface area contributed by atoms with Crippen LogP contribution in [0, 0.1) is 6.92 Å². The molecular weight excluding hydrogens is 354 g/mol. The number of carbonyl (C=O) groups excluding carboxylic acids is 1. The van der Waals surface area contributed by atoms with E-state index < -0.39 is 0 Å². The van der Waals surface area contributed by atoms with Gasteiger partial charge in [-0.1, -0.05) is 19.4 Å². The summed E-state index contributed by atoms with van der Waals surface area (Å²) < 4.78 is 13.0. The van der Waals surface area contributed by atoms with E-state index in [-0.39, 0.29) is 11.4 Å². The molecule has 0 saturated heterocycles. The van der Waals surface area contributed by atoms with Gasteiger partial charge in [-0.05, 0) is 57.9 Å². The van der Waals surface area contributed by atoms with Gasteiger partial charge < -0.3 is 14.8 Å². The molecule has 0 spiro atoms. The van der Waals surface area contributed by atoms with Crippen LogP contribution in [-0.2, 0) is 10.3 Å². The second kappa shape index (κ2) is 9.44. The fourth-order valence-electron chi connectivity index (χ4n) is 2.67. The first-order valence-corrected chi connectivity index (χ1v) is 9.61. The summed E-state index contributed by atoms with van der Waals surface area (Å²) in [5, 5.41) is 7.36. The molecule has 0 atom stereocenters. The molecule has 0 saturated carbocycles. The van der Waals surface area contributed by atoms with E-state index in [1.54, 1.807) is 13.2 Å². The molecule has 1 heterocycles. The Labute approximate surface area is 167 Å². The van der Waals surface area contributed by atoms with E-state index >= 15 is 0 Å². The highest BCUT2D eigenvalue weighted by Crippen LogP contribution is 2.29. The number of hydrogen-bond acceptors (Lipinski definition) is 4. The van der Waals surface area contributed by atoms with Gasteiger partial charge in [-0.25, -0.2) is 4.68 Å². The van der Waals surface area contributed by atoms with Crippen molar-refractivity contribution in [3.63, 3.8) is 0 Å². The third-order valence-corrected chi connectivity index (χ3v) is 4.09. The summed E-state index contributed by atoms with van der Waals surface area (Å²) in [5.41, 5.74) is 1.50. The average molecular weight is 386 g/mol. The van der Waals surface area contributed by atoms with Gasteiger partial charge in [-0.2, -0.15) is 5.10 Å². The van der Waals surface area contributed by atoms with Crippen molar-refractivity contribution in [2.45, 2.75) is 53.0 Å². The molecule has 2 rings (SSSR count). The van der Waals surface area contributed by atoms with Gasteiger partial charge in [0.2, 0.25) is 5.91 Å². The van der Waals surface area contributed by atoms with Crippen molar-refractivity contribution in [2.24, 2.45) is 0 Å². The summed E-state index contributed by atoms with van der Waals surface area (Å²) in [6.07, 6.45) is 5.32. The summed E-state index contributed by atoms with van der Waals surface area (Å²) in [6.45, 7) is 10.8. The number of aromatic nitrogens is 2. The largest absolute Gasteiger partial charge is 0.493 e. The maximum atomic E-state index is 12.4. The van der Waals surface area contributed by atoms with Crippen LogP contribution in [0.2, 0.25) is 0 Å². The minimum absolute atomic E-state index is 0.215. The predicted octanol–water partition coefficient (Wildman–Crippen LogP) is 4.79. The smallest absolute Gasteiger partial charge is 0.249 e. The van der Waals surface area contributed by atoms with Crippen molar-refractivity contribution < 1.29 is 14.3 Å². The SMILES string of the molecule is CCCCOc1ccc(/C=C/C(=O)Nc2cc(C)nn2C(C)(C)C)cc1OC. The maximum Gasteiger partial charge on any atom is 0.249 e. The van der Waals surface area contributed by atoms with E-state index in [1.165, 1.54) is 6.08 Å². The number of aryl methyl sites for hydroxylation is 1. The zero-order valence-electron chi connectivity index (χ0n) is 17.7. The molecule has 0 bridgehead atoms. The van der Waals surface area contributed by atoms with Crippen LogP contribution >= 0.6 is 0 Å². The highest BCUT2D eigenvalue weighted by molar-refractivity contribution is 6.01. The Morgan fingerprint density at radius 1 is 1.25 bits per heavy atom. The first-order valence-electron chi connectivity index (χ1n) is 9.61. The summed E-state index contributed by atoms with van der Waals surface area (Å²) in [6, 6.07) is 7.48. The molecule has 0 fully saturated rings. The summed E-state index contributed by atoms with van der Waals surface area (Å²) in [4.78, 5) is 12.4. The lowest BCUT2D eigenvalue weighted by Crippen LogP contribution is -2.26. The predicted molar refractivity (Wildman–Crippen MR) is 113 cm³/mol. The van der Waals surface area contributed by atoms with Crippen molar-refractivity contribution in [3.05, 3.63) is 41.6 Å². The highest BCUT2D eigenvalue weighted by Gasteiger charge is 2.19. The lowest BCUT2D eigenvalue weighted by molar-refractivity contribution is -0.111. The van der Waals surface area contributed by atoms with E-state index in [2.05, 4.69) is 17.3 Å². The topological polar surface area (TPSA) is 65.4 Å². The Hall–Kier alpha value is -2.76. The van der Waals surface area contributed by atoms with Crippen LogP contribution in [0.5, 0.6) is 11.5 Å². The van der Waals surface area contributed by atoms with Crippen LogP contribution in [0.3, 0.4) is 0 Å². The number of rotatable bonds is 8. The quantitative estimate of drug-likeness (QED) is 0.524. The molecule has 152 valence electrons. The average Bonchev–Trinajstić information content (AvgIpc) is 3.01. The van der Waals surface area contributed by atoms with Gasteiger partial charge in [-0.15, -0.1) is 0 Å². The molecular formula is C22H31N3O3. The van der Waals surface area contributed by atoms with Crippen molar-refractivity contribution in [1.29, 1.82) is 0 Å². The molecule has 0 radical (unpaired) electrons. The molecule has 6 heteroatoms. The number of ether oxygens (including phenoxy) is 2. The van der Waals surface area contributed by atoms with Gasteiger partial charge >= 0.3 is 0 Å². The van der Waals surface area contributed by atoms with Crippen LogP contribution in [0.15, 0.2) is 30.3 Å². The molecule has 1 aromatic carbocycles. The fraction of sp³-hybridized carbons (Fsp3) is 0.455. The Bertz CT molecular complexity index is 832. The van der Waals surface area contributed by atoms with Crippen LogP contribution < -0.4 is 14.8 Å². The van der Waals surface area contributed by atoms with E-state index in [9.17, 15) is 4.79 Å². The van der Waals surface area contributed by atoms with Gasteiger partial charge in [0.05, 0.1) is 24.9 Å². The number of nitrogens with zero attached hydrogens (tertiary/aromatic N) is 2. The molecule has 1 N–H and O–H groups in total.